The number of benzene rings is 4. The average molecular weight is 1170 g/mol. The van der Waals surface area contributed by atoms with Gasteiger partial charge >= 0.3 is 69.8 Å². The van der Waals surface area contributed by atoms with E-state index in [1.54, 1.807) is 41.6 Å². The third-order valence-corrected chi connectivity index (χ3v) is 9.70. The predicted molar refractivity (Wildman–Crippen MR) is 207 cm³/mol. The van der Waals surface area contributed by atoms with Crippen molar-refractivity contribution in [2.45, 2.75) is 56.3 Å². The largest absolute Gasteiger partial charge is 2.00 e. The topological polar surface area (TPSA) is 67.4 Å². The second-order valence-corrected chi connectivity index (χ2v) is 14.4. The Morgan fingerprint density at radius 3 is 0.753 bits per heavy atom. The fourth-order valence-corrected chi connectivity index (χ4v) is 6.87. The fourth-order valence-electron chi connectivity index (χ4n) is 6.87. The maximum Gasteiger partial charge on any atom is 2.00 e. The van der Waals surface area contributed by atoms with E-state index in [1.165, 1.54) is 6.92 Å². The van der Waals surface area contributed by atoms with Crippen LogP contribution in [-0.4, -0.2) is 25.9 Å². The van der Waals surface area contributed by atoms with E-state index in [4.69, 9.17) is 5.26 Å². The van der Waals surface area contributed by atoms with E-state index in [0.29, 0.717) is 5.95 Å². The molecule has 0 bridgehead atoms. The van der Waals surface area contributed by atoms with Gasteiger partial charge in [0.05, 0.1) is 50.6 Å². The smallest absolute Gasteiger partial charge is 0.358 e. The molecule has 2 aromatic heterocycles. The first-order valence-corrected chi connectivity index (χ1v) is 18.6. The maximum atomic E-state index is 14.2. The van der Waals surface area contributed by atoms with Crippen LogP contribution in [0.2, 0.25) is 0 Å². The van der Waals surface area contributed by atoms with Crippen molar-refractivity contribution in [3.63, 3.8) is 0 Å². The minimum absolute atomic E-state index is 0. The molecule has 2 heterocycles. The molecule has 4 aromatic carbocycles. The summed E-state index contributed by atoms with van der Waals surface area (Å²) in [5.41, 5.74) is -30.2. The van der Waals surface area contributed by atoms with Crippen LogP contribution in [-0.2, 0) is 69.8 Å². The molecule has 0 N–H and O–H groups in total. The van der Waals surface area contributed by atoms with Gasteiger partial charge in [0.15, 0.2) is 0 Å². The SMILES string of the molecule is CC#N.FC(F)(F)c1cc([B-](c2cc(C(F)(F)F)cc(C(F)(F)F)c2)(c2cc(C(F)(F)F)cc(C(F)(F)F)c2)c2cc(C(F)(F)F)cc(C(F)(F)F)c2)cc(C(F)(F)F)c1.[CH3-].[Pd+2].c1cnc(-n2cccn2)nc1. The number of hydrogen-bond donors (Lipinski definition) is 0. The van der Waals surface area contributed by atoms with Gasteiger partial charge in [0.1, 0.15) is 6.15 Å². The van der Waals surface area contributed by atoms with Gasteiger partial charge in [-0.15, -0.1) is 0 Å². The molecule has 6 rings (SSSR count). The second kappa shape index (κ2) is 22.0. The predicted octanol–water partition coefficient (Wildman–Crippen LogP) is 12.9. The first kappa shape index (κ1) is 62.8. The summed E-state index contributed by atoms with van der Waals surface area (Å²) in [7, 11) is 0. The number of nitrogens with zero attached hydrogens (tertiary/aromatic N) is 5. The van der Waals surface area contributed by atoms with Crippen LogP contribution in [0.1, 0.15) is 51.4 Å². The molecular formula is C42H24BF24N5Pd. The Bertz CT molecular complexity index is 2400. The molecule has 0 atom stereocenters. The molecule has 0 aliphatic heterocycles. The molecule has 73 heavy (non-hydrogen) atoms. The Labute approximate surface area is 408 Å². The summed E-state index contributed by atoms with van der Waals surface area (Å²) in [5.74, 6) is 0.595. The summed E-state index contributed by atoms with van der Waals surface area (Å²) in [6, 6.07) is -3.46. The number of hydrogen-bond acceptors (Lipinski definition) is 4. The van der Waals surface area contributed by atoms with Crippen LogP contribution in [0.5, 0.6) is 0 Å². The van der Waals surface area contributed by atoms with Crippen molar-refractivity contribution in [3.05, 3.63) is 162 Å². The summed E-state index contributed by atoms with van der Waals surface area (Å²) in [6.07, 6.45) is -47.9. The van der Waals surface area contributed by atoms with Crippen LogP contribution >= 0.6 is 0 Å². The summed E-state index contributed by atoms with van der Waals surface area (Å²) < 4.78 is 342. The van der Waals surface area contributed by atoms with E-state index < -0.39 is 195 Å². The molecule has 0 spiro atoms. The molecule has 0 aliphatic carbocycles. The Kier molecular flexibility index (Phi) is 19.0. The molecule has 6 aromatic rings. The van der Waals surface area contributed by atoms with Crippen molar-refractivity contribution in [1.29, 1.82) is 5.26 Å². The third-order valence-electron chi connectivity index (χ3n) is 9.70. The zero-order valence-corrected chi connectivity index (χ0v) is 37.1. The molecule has 0 unspecified atom stereocenters. The van der Waals surface area contributed by atoms with Crippen LogP contribution in [0.25, 0.3) is 5.95 Å². The molecule has 0 saturated heterocycles. The average Bonchev–Trinajstić information content (AvgIpc) is 3.78. The summed E-state index contributed by atoms with van der Waals surface area (Å²) in [6.45, 7) is 1.43. The third kappa shape index (κ3) is 15.1. The van der Waals surface area contributed by atoms with Gasteiger partial charge in [0.25, 0.3) is 0 Å². The van der Waals surface area contributed by atoms with E-state index in [-0.39, 0.29) is 27.8 Å². The van der Waals surface area contributed by atoms with Gasteiger partial charge in [-0.05, 0) is 36.4 Å². The van der Waals surface area contributed by atoms with E-state index in [9.17, 15) is 105 Å². The van der Waals surface area contributed by atoms with Crippen molar-refractivity contribution < 1.29 is 126 Å². The minimum Gasteiger partial charge on any atom is -0.358 e. The first-order chi connectivity index (χ1) is 32.1. The molecule has 5 nitrogen and oxygen atoms in total. The van der Waals surface area contributed by atoms with Crippen molar-refractivity contribution >= 4 is 28.0 Å². The fraction of sp³-hybridized carbons (Fsp3) is 0.214. The van der Waals surface area contributed by atoms with Crippen LogP contribution < -0.4 is 21.9 Å². The van der Waals surface area contributed by atoms with Crippen molar-refractivity contribution in [1.82, 2.24) is 19.7 Å². The first-order valence-electron chi connectivity index (χ1n) is 18.6. The van der Waals surface area contributed by atoms with Gasteiger partial charge in [-0.3, -0.25) is 0 Å². The van der Waals surface area contributed by atoms with Gasteiger partial charge in [-0.25, -0.2) is 14.6 Å². The van der Waals surface area contributed by atoms with Gasteiger partial charge in [-0.1, -0.05) is 48.5 Å². The molecule has 398 valence electrons. The van der Waals surface area contributed by atoms with Gasteiger partial charge in [-0.2, -0.15) is 138 Å². The number of halogens is 24. The van der Waals surface area contributed by atoms with Crippen LogP contribution in [0.3, 0.4) is 0 Å². The number of alkyl halides is 24. The number of rotatable bonds is 5. The van der Waals surface area contributed by atoms with Gasteiger partial charge in [0, 0.05) is 31.7 Å². The maximum absolute atomic E-state index is 14.2. The van der Waals surface area contributed by atoms with Crippen LogP contribution in [0.4, 0.5) is 105 Å². The van der Waals surface area contributed by atoms with Crippen LogP contribution in [0.15, 0.2) is 110 Å². The van der Waals surface area contributed by atoms with Crippen molar-refractivity contribution in [2.75, 3.05) is 0 Å². The molecule has 0 amide bonds. The van der Waals surface area contributed by atoms with Crippen molar-refractivity contribution in [3.8, 4) is 12.0 Å². The van der Waals surface area contributed by atoms with E-state index >= 15 is 0 Å². The van der Waals surface area contributed by atoms with E-state index in [0.717, 1.165) is 0 Å². The Morgan fingerprint density at radius 1 is 0.384 bits per heavy atom. The second-order valence-electron chi connectivity index (χ2n) is 14.4. The molecule has 0 fully saturated rings. The monoisotopic (exact) mass is 1170 g/mol. The van der Waals surface area contributed by atoms with Gasteiger partial charge < -0.3 is 7.43 Å². The Balaban J connectivity index is 0.000000980. The zero-order chi connectivity index (χ0) is 54.1. The minimum atomic E-state index is -6.13. The molecule has 31 heteroatoms. The number of aromatic nitrogens is 4. The molecule has 0 aliphatic rings. The quantitative estimate of drug-likeness (QED) is 0.0980. The van der Waals surface area contributed by atoms with E-state index in [2.05, 4.69) is 15.1 Å². The standard InChI is InChI=1S/C32H12BF24.C7H6N4.C2H3N.CH3.Pd/c34-25(35,36)13-1-14(26(37,38)39)6-21(5-13)33(22-7-15(27(40,41)42)2-16(8-22)28(43,44)45,23-9-17(29(46,47)48)3-18(10-23)30(49,50)51)24-11-19(31(52,53)54)4-20(12-24)32(55,56)57;1-3-8-7(9-4-1)11-6-2-5-10-11;1-2-3;;/h1-12H;1-6H;1H3;1H3;/q-1;;;-1;+2. The summed E-state index contributed by atoms with van der Waals surface area (Å²) in [4.78, 5) is 8.02. The molecule has 0 saturated carbocycles. The number of nitriles is 1. The van der Waals surface area contributed by atoms with E-state index in [1.807, 2.05) is 6.07 Å². The molecular weight excluding hydrogens is 1150 g/mol. The Hall–Kier alpha value is -6.29. The molecule has 0 radical (unpaired) electrons. The van der Waals surface area contributed by atoms with Crippen LogP contribution in [0, 0.1) is 18.8 Å². The normalized spacial score (nSPS) is 12.8. The summed E-state index contributed by atoms with van der Waals surface area (Å²) >= 11 is 0. The summed E-state index contributed by atoms with van der Waals surface area (Å²) in [5, 5.41) is 11.3. The Morgan fingerprint density at radius 2 is 0.589 bits per heavy atom. The zero-order valence-electron chi connectivity index (χ0n) is 35.6. The van der Waals surface area contributed by atoms with Gasteiger partial charge in [0.2, 0.25) is 5.95 Å². The van der Waals surface area contributed by atoms with Crippen molar-refractivity contribution in [2.24, 2.45) is 0 Å².